The fourth-order valence-corrected chi connectivity index (χ4v) is 2.69. The lowest BCUT2D eigenvalue weighted by molar-refractivity contribution is -0.113. The number of halogens is 1. The van der Waals surface area contributed by atoms with E-state index in [0.29, 0.717) is 5.57 Å². The number of ether oxygens (including phenoxy) is 1. The van der Waals surface area contributed by atoms with Crippen LogP contribution >= 0.6 is 15.9 Å². The molecule has 3 nitrogen and oxygen atoms in total. The first-order valence-corrected chi connectivity index (χ1v) is 7.98. The van der Waals surface area contributed by atoms with Crippen molar-refractivity contribution >= 4 is 33.6 Å². The Morgan fingerprint density at radius 2 is 2.00 bits per heavy atom. The molecule has 2 aromatic rings. The second kappa shape index (κ2) is 6.36. The third kappa shape index (κ3) is 3.22. The monoisotopic (exact) mass is 357 g/mol. The van der Waals surface area contributed by atoms with E-state index in [4.69, 9.17) is 4.74 Å². The molecule has 0 aliphatic carbocycles. The average Bonchev–Trinajstić information content (AvgIpc) is 2.54. The lowest BCUT2D eigenvalue weighted by Gasteiger charge is -2.18. The summed E-state index contributed by atoms with van der Waals surface area (Å²) in [6.07, 6.45) is 2.86. The van der Waals surface area contributed by atoms with Gasteiger partial charge in [-0.05, 0) is 48.4 Å². The number of hydrogen-bond donors (Lipinski definition) is 1. The van der Waals surface area contributed by atoms with Crippen molar-refractivity contribution in [3.63, 3.8) is 0 Å². The van der Waals surface area contributed by atoms with Crippen LogP contribution < -0.4 is 10.1 Å². The third-order valence-corrected chi connectivity index (χ3v) is 4.09. The second-order valence-electron chi connectivity index (χ2n) is 5.15. The molecule has 0 saturated heterocycles. The van der Waals surface area contributed by atoms with E-state index in [1.54, 1.807) is 0 Å². The molecule has 1 aliphatic heterocycles. The van der Waals surface area contributed by atoms with Gasteiger partial charge in [0, 0.05) is 15.7 Å². The summed E-state index contributed by atoms with van der Waals surface area (Å²) in [4.78, 5) is 12.3. The Bertz CT molecular complexity index is 735. The minimum absolute atomic E-state index is 0.130. The molecule has 0 radical (unpaired) electrons. The van der Waals surface area contributed by atoms with Crippen molar-refractivity contribution < 1.29 is 9.53 Å². The summed E-state index contributed by atoms with van der Waals surface area (Å²) in [7, 11) is 0. The summed E-state index contributed by atoms with van der Waals surface area (Å²) < 4.78 is 6.60. The Morgan fingerprint density at radius 3 is 2.73 bits per heavy atom. The number of amides is 1. The molecule has 0 aromatic heterocycles. The normalized spacial score (nSPS) is 12.9. The second-order valence-corrected chi connectivity index (χ2v) is 6.06. The Morgan fingerprint density at radius 1 is 1.23 bits per heavy atom. The molecule has 0 fully saturated rings. The number of nitrogens with one attached hydrogen (secondary N) is 1. The van der Waals surface area contributed by atoms with Gasteiger partial charge in [-0.2, -0.15) is 0 Å². The van der Waals surface area contributed by atoms with Gasteiger partial charge in [0.15, 0.2) is 0 Å². The van der Waals surface area contributed by atoms with E-state index in [1.165, 1.54) is 5.56 Å². The molecule has 1 heterocycles. The van der Waals surface area contributed by atoms with Gasteiger partial charge in [-0.1, -0.05) is 35.0 Å². The maximum atomic E-state index is 12.3. The number of anilines is 1. The van der Waals surface area contributed by atoms with E-state index >= 15 is 0 Å². The number of hydrogen-bond acceptors (Lipinski definition) is 2. The molecule has 1 amide bonds. The molecule has 0 bridgehead atoms. The van der Waals surface area contributed by atoms with E-state index in [9.17, 15) is 4.79 Å². The number of carbonyl (C=O) groups is 1. The highest BCUT2D eigenvalue weighted by atomic mass is 79.9. The highest BCUT2D eigenvalue weighted by Gasteiger charge is 2.17. The summed E-state index contributed by atoms with van der Waals surface area (Å²) in [6, 6.07) is 13.7. The first-order chi connectivity index (χ1) is 10.7. The summed E-state index contributed by atoms with van der Waals surface area (Å²) in [5.74, 6) is 0.668. The maximum Gasteiger partial charge on any atom is 0.255 e. The van der Waals surface area contributed by atoms with E-state index in [2.05, 4.69) is 28.2 Å². The van der Waals surface area contributed by atoms with Gasteiger partial charge in [-0.15, -0.1) is 0 Å². The zero-order chi connectivity index (χ0) is 15.5. The van der Waals surface area contributed by atoms with Gasteiger partial charge in [0.25, 0.3) is 5.91 Å². The molecule has 0 saturated carbocycles. The molecule has 1 aliphatic rings. The Hall–Kier alpha value is -2.07. The quantitative estimate of drug-likeness (QED) is 0.882. The van der Waals surface area contributed by atoms with Crippen molar-refractivity contribution in [3.05, 3.63) is 63.6 Å². The lowest BCUT2D eigenvalue weighted by Crippen LogP contribution is -2.21. The molecular weight excluding hydrogens is 342 g/mol. The zero-order valence-corrected chi connectivity index (χ0v) is 13.8. The number of benzene rings is 2. The number of fused-ring (bicyclic) bond motifs is 1. The highest BCUT2D eigenvalue weighted by Crippen LogP contribution is 2.29. The first-order valence-electron chi connectivity index (χ1n) is 7.19. The van der Waals surface area contributed by atoms with Crippen LogP contribution in [-0.4, -0.2) is 12.5 Å². The van der Waals surface area contributed by atoms with Crippen LogP contribution in [0.15, 0.2) is 52.5 Å². The minimum atomic E-state index is -0.130. The number of rotatable bonds is 3. The van der Waals surface area contributed by atoms with Crippen molar-refractivity contribution in [3.8, 4) is 5.75 Å². The third-order valence-electron chi connectivity index (χ3n) is 3.60. The van der Waals surface area contributed by atoms with Crippen LogP contribution in [0.4, 0.5) is 5.69 Å². The van der Waals surface area contributed by atoms with Crippen molar-refractivity contribution in [2.24, 2.45) is 0 Å². The fourth-order valence-electron chi connectivity index (χ4n) is 2.31. The molecule has 112 valence electrons. The van der Waals surface area contributed by atoms with Crippen LogP contribution in [0.1, 0.15) is 18.1 Å². The predicted octanol–water partition coefficient (Wildman–Crippen LogP) is 4.43. The van der Waals surface area contributed by atoms with Gasteiger partial charge in [-0.3, -0.25) is 4.79 Å². The van der Waals surface area contributed by atoms with Crippen LogP contribution in [-0.2, 0) is 11.2 Å². The van der Waals surface area contributed by atoms with Gasteiger partial charge >= 0.3 is 0 Å². The minimum Gasteiger partial charge on any atom is -0.488 e. The largest absolute Gasteiger partial charge is 0.488 e. The summed E-state index contributed by atoms with van der Waals surface area (Å²) in [5, 5.41) is 2.91. The van der Waals surface area contributed by atoms with Gasteiger partial charge in [0.2, 0.25) is 0 Å². The maximum absolute atomic E-state index is 12.3. The fraction of sp³-hybridized carbons (Fsp3) is 0.167. The molecule has 22 heavy (non-hydrogen) atoms. The average molecular weight is 358 g/mol. The van der Waals surface area contributed by atoms with Crippen LogP contribution in [0.25, 0.3) is 6.08 Å². The summed E-state index contributed by atoms with van der Waals surface area (Å²) in [6.45, 7) is 2.39. The topological polar surface area (TPSA) is 38.3 Å². The number of aryl methyl sites for hydroxylation is 1. The van der Waals surface area contributed by atoms with E-state index < -0.39 is 0 Å². The highest BCUT2D eigenvalue weighted by molar-refractivity contribution is 9.10. The van der Waals surface area contributed by atoms with E-state index in [0.717, 1.165) is 27.9 Å². The molecule has 0 unspecified atom stereocenters. The van der Waals surface area contributed by atoms with Crippen molar-refractivity contribution in [2.45, 2.75) is 13.3 Å². The predicted molar refractivity (Wildman–Crippen MR) is 92.1 cm³/mol. The first kappa shape index (κ1) is 14.9. The van der Waals surface area contributed by atoms with E-state index in [1.807, 2.05) is 48.5 Å². The van der Waals surface area contributed by atoms with Gasteiger partial charge in [0.1, 0.15) is 12.4 Å². The lowest BCUT2D eigenvalue weighted by atomic mass is 10.1. The zero-order valence-electron chi connectivity index (χ0n) is 12.2. The van der Waals surface area contributed by atoms with Crippen LogP contribution in [0.3, 0.4) is 0 Å². The van der Waals surface area contributed by atoms with Crippen LogP contribution in [0.2, 0.25) is 0 Å². The molecular formula is C18H16BrNO2. The SMILES string of the molecule is CCc1ccc(NC(=O)C2=Cc3cc(Br)ccc3OC2)cc1. The van der Waals surface area contributed by atoms with Gasteiger partial charge in [0.05, 0.1) is 5.57 Å². The number of carbonyl (C=O) groups excluding carboxylic acids is 1. The molecule has 0 atom stereocenters. The molecule has 2 aromatic carbocycles. The van der Waals surface area contributed by atoms with Crippen molar-refractivity contribution in [1.29, 1.82) is 0 Å². The summed E-state index contributed by atoms with van der Waals surface area (Å²) in [5.41, 5.74) is 3.57. The molecule has 3 rings (SSSR count). The van der Waals surface area contributed by atoms with Crippen molar-refractivity contribution in [2.75, 3.05) is 11.9 Å². The Kier molecular flexibility index (Phi) is 4.29. The Labute approximate surface area is 138 Å². The van der Waals surface area contributed by atoms with Crippen LogP contribution in [0, 0.1) is 0 Å². The molecule has 4 heteroatoms. The van der Waals surface area contributed by atoms with Crippen LogP contribution in [0.5, 0.6) is 5.75 Å². The van der Waals surface area contributed by atoms with Gasteiger partial charge < -0.3 is 10.1 Å². The smallest absolute Gasteiger partial charge is 0.255 e. The van der Waals surface area contributed by atoms with Gasteiger partial charge in [-0.25, -0.2) is 0 Å². The molecule has 0 spiro atoms. The summed E-state index contributed by atoms with van der Waals surface area (Å²) >= 11 is 3.43. The standard InChI is InChI=1S/C18H16BrNO2/c1-2-12-3-6-16(7-4-12)20-18(21)14-9-13-10-15(19)5-8-17(13)22-11-14/h3-10H,2,11H2,1H3,(H,20,21). The van der Waals surface area contributed by atoms with E-state index in [-0.39, 0.29) is 12.5 Å². The van der Waals surface area contributed by atoms with Crippen molar-refractivity contribution in [1.82, 2.24) is 0 Å². The molecule has 1 N–H and O–H groups in total. The Balaban J connectivity index is 1.77.